The van der Waals surface area contributed by atoms with Crippen LogP contribution in [0.15, 0.2) is 12.1 Å². The zero-order chi connectivity index (χ0) is 12.3. The van der Waals surface area contributed by atoms with Crippen molar-refractivity contribution in [3.63, 3.8) is 0 Å². The van der Waals surface area contributed by atoms with Crippen LogP contribution in [-0.4, -0.2) is 12.6 Å². The molecule has 1 aromatic rings. The number of aryl methyl sites for hydroxylation is 2. The predicted octanol–water partition coefficient (Wildman–Crippen LogP) is 2.97. The Bertz CT molecular complexity index is 358. The van der Waals surface area contributed by atoms with Crippen LogP contribution >= 0.6 is 0 Å². The van der Waals surface area contributed by atoms with Gasteiger partial charge in [0.05, 0.1) is 0 Å². The number of benzene rings is 1. The maximum Gasteiger partial charge on any atom is 0.125 e. The second-order valence-electron chi connectivity index (χ2n) is 4.87. The van der Waals surface area contributed by atoms with Gasteiger partial charge in [-0.2, -0.15) is 0 Å². The summed E-state index contributed by atoms with van der Waals surface area (Å²) in [4.78, 5) is 0. The van der Waals surface area contributed by atoms with Crippen LogP contribution in [0.2, 0.25) is 0 Å². The Labute approximate surface area is 98.8 Å². The van der Waals surface area contributed by atoms with Gasteiger partial charge < -0.3 is 10.5 Å². The van der Waals surface area contributed by atoms with Gasteiger partial charge in [-0.05, 0) is 43.4 Å². The molecule has 1 atom stereocenters. The molecule has 0 saturated heterocycles. The SMILES string of the molecule is Cc1ccc(C)c(OCC(N)C(C)C)c1C. The summed E-state index contributed by atoms with van der Waals surface area (Å²) in [6.45, 7) is 11.1. The Morgan fingerprint density at radius 2 is 1.69 bits per heavy atom. The summed E-state index contributed by atoms with van der Waals surface area (Å²) < 4.78 is 5.85. The first-order valence-electron chi connectivity index (χ1n) is 5.88. The third kappa shape index (κ3) is 2.99. The smallest absolute Gasteiger partial charge is 0.125 e. The van der Waals surface area contributed by atoms with E-state index in [4.69, 9.17) is 10.5 Å². The van der Waals surface area contributed by atoms with Crippen molar-refractivity contribution >= 4 is 0 Å². The molecule has 0 aromatic heterocycles. The number of ether oxygens (including phenoxy) is 1. The van der Waals surface area contributed by atoms with Crippen molar-refractivity contribution in [2.45, 2.75) is 40.7 Å². The summed E-state index contributed by atoms with van der Waals surface area (Å²) in [5.74, 6) is 1.45. The van der Waals surface area contributed by atoms with Crippen LogP contribution in [0, 0.1) is 26.7 Å². The molecule has 2 nitrogen and oxygen atoms in total. The molecule has 90 valence electrons. The maximum atomic E-state index is 5.98. The first-order valence-corrected chi connectivity index (χ1v) is 5.88. The van der Waals surface area contributed by atoms with Crippen molar-refractivity contribution in [1.82, 2.24) is 0 Å². The van der Waals surface area contributed by atoms with E-state index < -0.39 is 0 Å². The standard InChI is InChI=1S/C14H23NO/c1-9(2)13(15)8-16-14-11(4)7-6-10(3)12(14)5/h6-7,9,13H,8,15H2,1-5H3. The van der Waals surface area contributed by atoms with Gasteiger partial charge in [0.15, 0.2) is 0 Å². The summed E-state index contributed by atoms with van der Waals surface area (Å²) in [6, 6.07) is 4.32. The molecule has 0 spiro atoms. The fourth-order valence-corrected chi connectivity index (χ4v) is 1.52. The molecule has 16 heavy (non-hydrogen) atoms. The lowest BCUT2D eigenvalue weighted by atomic mass is 10.0. The lowest BCUT2D eigenvalue weighted by Gasteiger charge is -2.19. The molecule has 0 aliphatic rings. The second-order valence-corrected chi connectivity index (χ2v) is 4.87. The Kier molecular flexibility index (Phi) is 4.36. The molecular weight excluding hydrogens is 198 g/mol. The van der Waals surface area contributed by atoms with E-state index in [-0.39, 0.29) is 6.04 Å². The molecule has 1 unspecified atom stereocenters. The van der Waals surface area contributed by atoms with E-state index in [1.165, 1.54) is 16.7 Å². The summed E-state index contributed by atoms with van der Waals surface area (Å²) in [7, 11) is 0. The van der Waals surface area contributed by atoms with Gasteiger partial charge in [0.2, 0.25) is 0 Å². The Hall–Kier alpha value is -1.02. The van der Waals surface area contributed by atoms with Crippen LogP contribution in [0.1, 0.15) is 30.5 Å². The molecule has 0 aliphatic carbocycles. The number of rotatable bonds is 4. The van der Waals surface area contributed by atoms with E-state index in [2.05, 4.69) is 46.8 Å². The zero-order valence-corrected chi connectivity index (χ0v) is 11.0. The van der Waals surface area contributed by atoms with Crippen molar-refractivity contribution in [2.24, 2.45) is 11.7 Å². The summed E-state index contributed by atoms with van der Waals surface area (Å²) in [5.41, 5.74) is 9.64. The molecule has 1 rings (SSSR count). The molecule has 2 N–H and O–H groups in total. The van der Waals surface area contributed by atoms with E-state index in [0.29, 0.717) is 12.5 Å². The number of hydrogen-bond donors (Lipinski definition) is 1. The monoisotopic (exact) mass is 221 g/mol. The number of hydrogen-bond acceptors (Lipinski definition) is 2. The summed E-state index contributed by atoms with van der Waals surface area (Å²) in [6.07, 6.45) is 0. The first kappa shape index (κ1) is 13.0. The van der Waals surface area contributed by atoms with Crippen molar-refractivity contribution in [2.75, 3.05) is 6.61 Å². The Morgan fingerprint density at radius 3 is 2.25 bits per heavy atom. The van der Waals surface area contributed by atoms with Gasteiger partial charge in [-0.1, -0.05) is 26.0 Å². The van der Waals surface area contributed by atoms with E-state index >= 15 is 0 Å². The molecule has 1 aromatic carbocycles. The molecule has 0 fully saturated rings. The van der Waals surface area contributed by atoms with Gasteiger partial charge in [0.1, 0.15) is 12.4 Å². The van der Waals surface area contributed by atoms with E-state index in [1.807, 2.05) is 0 Å². The highest BCUT2D eigenvalue weighted by atomic mass is 16.5. The van der Waals surface area contributed by atoms with Gasteiger partial charge in [0, 0.05) is 6.04 Å². The Balaban J connectivity index is 2.77. The Morgan fingerprint density at radius 1 is 1.12 bits per heavy atom. The lowest BCUT2D eigenvalue weighted by molar-refractivity contribution is 0.256. The van der Waals surface area contributed by atoms with E-state index in [0.717, 1.165) is 5.75 Å². The molecule has 2 heteroatoms. The summed E-state index contributed by atoms with van der Waals surface area (Å²) >= 11 is 0. The highest BCUT2D eigenvalue weighted by Gasteiger charge is 2.11. The maximum absolute atomic E-state index is 5.98. The minimum Gasteiger partial charge on any atom is -0.491 e. The van der Waals surface area contributed by atoms with Crippen molar-refractivity contribution in [1.29, 1.82) is 0 Å². The lowest BCUT2D eigenvalue weighted by Crippen LogP contribution is -2.33. The third-order valence-corrected chi connectivity index (χ3v) is 3.15. The molecular formula is C14H23NO. The van der Waals surface area contributed by atoms with E-state index in [9.17, 15) is 0 Å². The highest BCUT2D eigenvalue weighted by molar-refractivity contribution is 5.44. The van der Waals surface area contributed by atoms with Crippen LogP contribution in [0.4, 0.5) is 0 Å². The average molecular weight is 221 g/mol. The topological polar surface area (TPSA) is 35.2 Å². The minimum absolute atomic E-state index is 0.0966. The molecule has 0 radical (unpaired) electrons. The van der Waals surface area contributed by atoms with Crippen molar-refractivity contribution in [3.8, 4) is 5.75 Å². The van der Waals surface area contributed by atoms with Gasteiger partial charge in [0.25, 0.3) is 0 Å². The fraction of sp³-hybridized carbons (Fsp3) is 0.571. The fourth-order valence-electron chi connectivity index (χ4n) is 1.52. The normalized spacial score (nSPS) is 12.9. The van der Waals surface area contributed by atoms with Gasteiger partial charge in [-0.15, -0.1) is 0 Å². The minimum atomic E-state index is 0.0966. The van der Waals surface area contributed by atoms with Crippen LogP contribution in [0.5, 0.6) is 5.75 Å². The van der Waals surface area contributed by atoms with Gasteiger partial charge in [-0.25, -0.2) is 0 Å². The van der Waals surface area contributed by atoms with E-state index in [1.54, 1.807) is 0 Å². The number of nitrogens with two attached hydrogens (primary N) is 1. The first-order chi connectivity index (χ1) is 7.43. The van der Waals surface area contributed by atoms with Crippen LogP contribution in [-0.2, 0) is 0 Å². The van der Waals surface area contributed by atoms with Gasteiger partial charge in [-0.3, -0.25) is 0 Å². The van der Waals surface area contributed by atoms with Crippen LogP contribution in [0.25, 0.3) is 0 Å². The third-order valence-electron chi connectivity index (χ3n) is 3.15. The van der Waals surface area contributed by atoms with Crippen LogP contribution < -0.4 is 10.5 Å². The quantitative estimate of drug-likeness (QED) is 0.848. The molecule has 0 bridgehead atoms. The van der Waals surface area contributed by atoms with Crippen molar-refractivity contribution in [3.05, 3.63) is 28.8 Å². The highest BCUT2D eigenvalue weighted by Crippen LogP contribution is 2.25. The molecule has 0 saturated carbocycles. The largest absolute Gasteiger partial charge is 0.491 e. The molecule has 0 aliphatic heterocycles. The summed E-state index contributed by atoms with van der Waals surface area (Å²) in [5, 5.41) is 0. The van der Waals surface area contributed by atoms with Crippen molar-refractivity contribution < 1.29 is 4.74 Å². The zero-order valence-electron chi connectivity index (χ0n) is 11.0. The molecule has 0 amide bonds. The van der Waals surface area contributed by atoms with Crippen LogP contribution in [0.3, 0.4) is 0 Å². The van der Waals surface area contributed by atoms with Gasteiger partial charge >= 0.3 is 0 Å². The predicted molar refractivity (Wildman–Crippen MR) is 69.0 cm³/mol. The average Bonchev–Trinajstić information content (AvgIpc) is 2.23. The molecule has 0 heterocycles. The second kappa shape index (κ2) is 5.35.